The van der Waals surface area contributed by atoms with Gasteiger partial charge in [-0.2, -0.15) is 0 Å². The maximum Gasteiger partial charge on any atom is 0.338 e. The van der Waals surface area contributed by atoms with E-state index >= 15 is 0 Å². The van der Waals surface area contributed by atoms with Crippen LogP contribution < -0.4 is 0 Å². The molecule has 0 bridgehead atoms. The van der Waals surface area contributed by atoms with E-state index in [1.54, 1.807) is 0 Å². The molecule has 1 heterocycles. The van der Waals surface area contributed by atoms with Crippen LogP contribution >= 0.6 is 0 Å². The molecule has 0 spiro atoms. The van der Waals surface area contributed by atoms with Crippen molar-refractivity contribution in [3.63, 3.8) is 0 Å². The highest BCUT2D eigenvalue weighted by molar-refractivity contribution is 5.97. The highest BCUT2D eigenvalue weighted by atomic mass is 16.6. The molecule has 4 fully saturated rings. The van der Waals surface area contributed by atoms with Crippen LogP contribution in [0.15, 0.2) is 42.0 Å². The topological polar surface area (TPSA) is 69.7 Å². The van der Waals surface area contributed by atoms with Crippen molar-refractivity contribution in [2.45, 2.75) is 111 Å². The van der Waals surface area contributed by atoms with E-state index in [1.807, 2.05) is 36.4 Å². The van der Waals surface area contributed by atoms with Crippen molar-refractivity contribution in [3.05, 3.63) is 47.5 Å². The van der Waals surface area contributed by atoms with Gasteiger partial charge in [-0.1, -0.05) is 71.2 Å². The normalized spacial score (nSPS) is 41.0. The monoisotopic (exact) mass is 560 g/mol. The lowest BCUT2D eigenvalue weighted by Crippen LogP contribution is -2.67. The van der Waals surface area contributed by atoms with Gasteiger partial charge in [-0.3, -0.25) is 9.59 Å². The van der Waals surface area contributed by atoms with Gasteiger partial charge in [0.1, 0.15) is 11.7 Å². The average Bonchev–Trinajstić information content (AvgIpc) is 3.23. The Morgan fingerprint density at radius 2 is 1.73 bits per heavy atom. The molecule has 5 aliphatic rings. The van der Waals surface area contributed by atoms with Crippen molar-refractivity contribution < 1.29 is 23.9 Å². The zero-order valence-electron chi connectivity index (χ0n) is 25.6. The van der Waals surface area contributed by atoms with E-state index in [2.05, 4.69) is 34.6 Å². The van der Waals surface area contributed by atoms with Gasteiger partial charge in [-0.15, -0.1) is 0 Å². The van der Waals surface area contributed by atoms with Crippen molar-refractivity contribution in [1.29, 1.82) is 0 Å². The molecule has 0 radical (unpaired) electrons. The Kier molecular flexibility index (Phi) is 7.26. The number of carbonyl (C=O) groups excluding carboxylic acids is 3. The first kappa shape index (κ1) is 28.7. The summed E-state index contributed by atoms with van der Waals surface area (Å²) in [6.07, 6.45) is 11.2. The molecule has 3 saturated carbocycles. The van der Waals surface area contributed by atoms with Gasteiger partial charge in [0.05, 0.1) is 5.56 Å². The van der Waals surface area contributed by atoms with Crippen LogP contribution in [0.3, 0.4) is 0 Å². The second kappa shape index (κ2) is 10.4. The zero-order valence-corrected chi connectivity index (χ0v) is 25.6. The molecule has 41 heavy (non-hydrogen) atoms. The molecular weight excluding hydrogens is 512 g/mol. The third-order valence-corrected chi connectivity index (χ3v) is 12.7. The van der Waals surface area contributed by atoms with Gasteiger partial charge < -0.3 is 9.47 Å². The molecule has 0 amide bonds. The molecule has 1 aromatic rings. The SMILES string of the molecule is CC(C)C1CC(=O)OC(C(C)C2=CC(=O)C3C4CCC5CCCC[C@]5(C)[C@@]4(OC(=O)c4ccccc4)CC[C@]23C)C1. The Balaban J connectivity index is 1.35. The lowest BCUT2D eigenvalue weighted by atomic mass is 9.42. The predicted molar refractivity (Wildman–Crippen MR) is 158 cm³/mol. The fraction of sp³-hybridized carbons (Fsp3) is 0.694. The molecule has 4 aliphatic carbocycles. The van der Waals surface area contributed by atoms with Crippen LogP contribution in [0.5, 0.6) is 0 Å². The van der Waals surface area contributed by atoms with Gasteiger partial charge in [0.2, 0.25) is 0 Å². The fourth-order valence-electron chi connectivity index (χ4n) is 10.2. The Morgan fingerprint density at radius 3 is 2.46 bits per heavy atom. The molecule has 6 rings (SSSR count). The first-order chi connectivity index (χ1) is 19.5. The summed E-state index contributed by atoms with van der Waals surface area (Å²) < 4.78 is 12.8. The molecule has 5 nitrogen and oxygen atoms in total. The summed E-state index contributed by atoms with van der Waals surface area (Å²) >= 11 is 0. The van der Waals surface area contributed by atoms with E-state index in [4.69, 9.17) is 9.47 Å². The second-order valence-corrected chi connectivity index (χ2v) is 14.8. The fourth-order valence-corrected chi connectivity index (χ4v) is 10.2. The van der Waals surface area contributed by atoms with E-state index in [-0.39, 0.29) is 52.4 Å². The molecule has 0 N–H and O–H groups in total. The van der Waals surface area contributed by atoms with Gasteiger partial charge in [0.25, 0.3) is 0 Å². The van der Waals surface area contributed by atoms with Crippen molar-refractivity contribution >= 4 is 17.7 Å². The Bertz CT molecular complexity index is 1230. The van der Waals surface area contributed by atoms with E-state index in [0.29, 0.717) is 29.7 Å². The minimum Gasteiger partial charge on any atom is -0.462 e. The van der Waals surface area contributed by atoms with Crippen LogP contribution in [0.4, 0.5) is 0 Å². The van der Waals surface area contributed by atoms with Gasteiger partial charge >= 0.3 is 11.9 Å². The number of carbonyl (C=O) groups is 3. The lowest BCUT2D eigenvalue weighted by Gasteiger charge is -2.65. The molecular formula is C36H48O5. The summed E-state index contributed by atoms with van der Waals surface area (Å²) in [5.74, 6) is 0.808. The van der Waals surface area contributed by atoms with Crippen molar-refractivity contribution in [3.8, 4) is 0 Å². The summed E-state index contributed by atoms with van der Waals surface area (Å²) in [6.45, 7) is 11.2. The largest absolute Gasteiger partial charge is 0.462 e. The minimum atomic E-state index is -0.657. The van der Waals surface area contributed by atoms with Gasteiger partial charge in [-0.25, -0.2) is 4.79 Å². The third kappa shape index (κ3) is 4.43. The van der Waals surface area contributed by atoms with Crippen LogP contribution in [0.1, 0.15) is 109 Å². The Morgan fingerprint density at radius 1 is 0.976 bits per heavy atom. The van der Waals surface area contributed by atoms with Crippen LogP contribution in [-0.2, 0) is 19.1 Å². The minimum absolute atomic E-state index is 0.0135. The van der Waals surface area contributed by atoms with Crippen molar-refractivity contribution in [1.82, 2.24) is 0 Å². The quantitative estimate of drug-likeness (QED) is 0.345. The van der Waals surface area contributed by atoms with Gasteiger partial charge in [0, 0.05) is 29.6 Å². The number of hydrogen-bond donors (Lipinski definition) is 0. The summed E-state index contributed by atoms with van der Waals surface area (Å²) in [4.78, 5) is 40.5. The van der Waals surface area contributed by atoms with Crippen LogP contribution in [0.2, 0.25) is 0 Å². The lowest BCUT2D eigenvalue weighted by molar-refractivity contribution is -0.228. The number of cyclic esters (lactones) is 1. The third-order valence-electron chi connectivity index (χ3n) is 12.7. The summed E-state index contributed by atoms with van der Waals surface area (Å²) in [7, 11) is 0. The molecule has 5 heteroatoms. The summed E-state index contributed by atoms with van der Waals surface area (Å²) in [5.41, 5.74) is 0.611. The number of ether oxygens (including phenoxy) is 2. The van der Waals surface area contributed by atoms with Gasteiger partial charge in [0.15, 0.2) is 5.78 Å². The maximum absolute atomic E-state index is 14.1. The molecule has 1 saturated heterocycles. The number of fused-ring (bicyclic) bond motifs is 5. The molecule has 1 aromatic carbocycles. The van der Waals surface area contributed by atoms with Crippen molar-refractivity contribution in [2.75, 3.05) is 0 Å². The zero-order chi connectivity index (χ0) is 29.2. The first-order valence-electron chi connectivity index (χ1n) is 16.2. The van der Waals surface area contributed by atoms with E-state index in [1.165, 1.54) is 12.8 Å². The van der Waals surface area contributed by atoms with Crippen LogP contribution in [-0.4, -0.2) is 29.4 Å². The number of rotatable bonds is 5. The molecule has 0 aromatic heterocycles. The second-order valence-electron chi connectivity index (χ2n) is 14.8. The first-order valence-corrected chi connectivity index (χ1v) is 16.2. The van der Waals surface area contributed by atoms with Gasteiger partial charge in [-0.05, 0) is 86.3 Å². The Labute approximate surface area is 245 Å². The van der Waals surface area contributed by atoms with Crippen molar-refractivity contribution in [2.24, 2.45) is 46.3 Å². The number of benzene rings is 1. The van der Waals surface area contributed by atoms with Crippen LogP contribution in [0.25, 0.3) is 0 Å². The number of allylic oxidation sites excluding steroid dienone is 1. The highest BCUT2D eigenvalue weighted by Crippen LogP contribution is 2.69. The summed E-state index contributed by atoms with van der Waals surface area (Å²) in [5, 5.41) is 0. The van der Waals surface area contributed by atoms with E-state index in [0.717, 1.165) is 50.5 Å². The highest BCUT2D eigenvalue weighted by Gasteiger charge is 2.70. The molecule has 222 valence electrons. The predicted octanol–water partition coefficient (Wildman–Crippen LogP) is 7.73. The Hall–Kier alpha value is -2.43. The molecule has 6 unspecified atom stereocenters. The standard InChI is InChI=1S/C36H48O5/c1-22(2)25-19-30(40-31(38)20-25)23(3)28-21-29(37)32-27-15-14-26-13-9-10-16-35(26,5)36(27,18-17-34(28,32)4)41-33(39)24-11-7-6-8-12-24/h6-8,11-12,21-23,25-27,30,32H,9-10,13-20H2,1-5H3/t23?,25?,26?,27?,30?,32?,34-,35+,36-/m1/s1. The van der Waals surface area contributed by atoms with Crippen LogP contribution in [0, 0.1) is 46.3 Å². The maximum atomic E-state index is 14.1. The molecule has 1 aliphatic heterocycles. The summed E-state index contributed by atoms with van der Waals surface area (Å²) in [6, 6.07) is 9.36. The van der Waals surface area contributed by atoms with E-state index < -0.39 is 5.60 Å². The number of hydrogen-bond acceptors (Lipinski definition) is 5. The smallest absolute Gasteiger partial charge is 0.338 e. The number of esters is 2. The average molecular weight is 561 g/mol. The molecule has 9 atom stereocenters. The number of ketones is 1. The van der Waals surface area contributed by atoms with E-state index in [9.17, 15) is 14.4 Å².